The van der Waals surface area contributed by atoms with E-state index >= 15 is 0 Å². The van der Waals surface area contributed by atoms with Crippen LogP contribution in [0.2, 0.25) is 0 Å². The van der Waals surface area contributed by atoms with E-state index < -0.39 is 6.04 Å². The summed E-state index contributed by atoms with van der Waals surface area (Å²) in [5.74, 6) is 0. The van der Waals surface area contributed by atoms with Crippen molar-refractivity contribution in [3.63, 3.8) is 0 Å². The monoisotopic (exact) mass is 180 g/mol. The second kappa shape index (κ2) is 3.89. The van der Waals surface area contributed by atoms with Crippen LogP contribution < -0.4 is 5.73 Å². The highest BCUT2D eigenvalue weighted by Gasteiger charge is 2.12. The highest BCUT2D eigenvalue weighted by Crippen LogP contribution is 2.08. The first-order valence-electron chi connectivity index (χ1n) is 4.07. The molecule has 1 aromatic carbocycles. The Hall–Kier alpha value is -1.58. The van der Waals surface area contributed by atoms with E-state index in [1.165, 1.54) is 0 Å². The lowest BCUT2D eigenvalue weighted by atomic mass is 10.1. The highest BCUT2D eigenvalue weighted by molar-refractivity contribution is 5.39. The smallest absolute Gasteiger partial charge is 0.214 e. The number of benzene rings is 1. The Kier molecular flexibility index (Phi) is 2.84. The second-order valence-corrected chi connectivity index (χ2v) is 3.08. The number of anilines is 1. The standard InChI is InChI=1S/C9H12N2O2/c1-7(11(12)13)6-8-2-4-9(10)5-3-8/h2-5,7H,6,10H2,1H3/t7-/m1/s1. The molecule has 0 aliphatic heterocycles. The van der Waals surface area contributed by atoms with Crippen LogP contribution in [0.25, 0.3) is 0 Å². The van der Waals surface area contributed by atoms with Crippen molar-refractivity contribution in [3.8, 4) is 0 Å². The second-order valence-electron chi connectivity index (χ2n) is 3.08. The van der Waals surface area contributed by atoms with E-state index in [0.29, 0.717) is 12.1 Å². The largest absolute Gasteiger partial charge is 0.399 e. The third-order valence-electron chi connectivity index (χ3n) is 1.87. The number of rotatable bonds is 3. The molecule has 1 atom stereocenters. The fraction of sp³-hybridized carbons (Fsp3) is 0.333. The molecule has 1 rings (SSSR count). The molecule has 4 nitrogen and oxygen atoms in total. The quantitative estimate of drug-likeness (QED) is 0.435. The predicted molar refractivity (Wildman–Crippen MR) is 51.0 cm³/mol. The summed E-state index contributed by atoms with van der Waals surface area (Å²) in [5, 5.41) is 10.4. The Morgan fingerprint density at radius 1 is 1.46 bits per heavy atom. The summed E-state index contributed by atoms with van der Waals surface area (Å²) in [6, 6.07) is 6.60. The Bertz CT molecular complexity index is 295. The van der Waals surface area contributed by atoms with Crippen molar-refractivity contribution in [1.29, 1.82) is 0 Å². The van der Waals surface area contributed by atoms with Crippen LogP contribution in [0.4, 0.5) is 5.69 Å². The molecular formula is C9H12N2O2. The minimum atomic E-state index is -0.538. The van der Waals surface area contributed by atoms with Gasteiger partial charge in [0.15, 0.2) is 0 Å². The van der Waals surface area contributed by atoms with Crippen LogP contribution >= 0.6 is 0 Å². The summed E-state index contributed by atoms with van der Waals surface area (Å²) in [6.45, 7) is 1.59. The maximum Gasteiger partial charge on any atom is 0.214 e. The van der Waals surface area contributed by atoms with E-state index in [9.17, 15) is 10.1 Å². The molecule has 0 saturated carbocycles. The maximum atomic E-state index is 10.4. The van der Waals surface area contributed by atoms with Gasteiger partial charge in [-0.15, -0.1) is 0 Å². The third kappa shape index (κ3) is 2.74. The molecule has 0 heterocycles. The molecule has 0 amide bonds. The summed E-state index contributed by atoms with van der Waals surface area (Å²) < 4.78 is 0. The van der Waals surface area contributed by atoms with E-state index in [2.05, 4.69) is 0 Å². The first kappa shape index (κ1) is 9.51. The van der Waals surface area contributed by atoms with Gasteiger partial charge in [-0.2, -0.15) is 0 Å². The van der Waals surface area contributed by atoms with Gasteiger partial charge in [-0.1, -0.05) is 12.1 Å². The average molecular weight is 180 g/mol. The van der Waals surface area contributed by atoms with Gasteiger partial charge >= 0.3 is 0 Å². The first-order chi connectivity index (χ1) is 6.09. The number of hydrogen-bond acceptors (Lipinski definition) is 3. The van der Waals surface area contributed by atoms with Gasteiger partial charge in [0, 0.05) is 24.0 Å². The molecule has 0 spiro atoms. The number of nitrogen functional groups attached to an aromatic ring is 1. The van der Waals surface area contributed by atoms with Crippen molar-refractivity contribution in [2.24, 2.45) is 0 Å². The van der Waals surface area contributed by atoms with Crippen LogP contribution in [0.15, 0.2) is 24.3 Å². The Morgan fingerprint density at radius 2 is 2.00 bits per heavy atom. The van der Waals surface area contributed by atoms with Crippen LogP contribution in [-0.4, -0.2) is 11.0 Å². The maximum absolute atomic E-state index is 10.4. The van der Waals surface area contributed by atoms with Crippen LogP contribution in [0, 0.1) is 10.1 Å². The minimum Gasteiger partial charge on any atom is -0.399 e. The van der Waals surface area contributed by atoms with Crippen molar-refractivity contribution in [2.75, 3.05) is 5.73 Å². The molecule has 0 bridgehead atoms. The molecule has 1 aromatic rings. The zero-order chi connectivity index (χ0) is 9.84. The molecule has 0 fully saturated rings. The fourth-order valence-corrected chi connectivity index (χ4v) is 1.07. The number of nitro groups is 1. The molecular weight excluding hydrogens is 168 g/mol. The lowest BCUT2D eigenvalue weighted by molar-refractivity contribution is -0.517. The molecule has 0 aliphatic carbocycles. The normalized spacial score (nSPS) is 12.4. The van der Waals surface area contributed by atoms with Crippen molar-refractivity contribution < 1.29 is 4.92 Å². The number of hydrogen-bond donors (Lipinski definition) is 1. The van der Waals surface area contributed by atoms with E-state index in [-0.39, 0.29) is 4.92 Å². The zero-order valence-electron chi connectivity index (χ0n) is 7.43. The molecule has 0 unspecified atom stereocenters. The van der Waals surface area contributed by atoms with Gasteiger partial charge in [0.1, 0.15) is 0 Å². The van der Waals surface area contributed by atoms with Crippen molar-refractivity contribution >= 4 is 5.69 Å². The summed E-state index contributed by atoms with van der Waals surface area (Å²) in [6.07, 6.45) is 0.452. The van der Waals surface area contributed by atoms with Gasteiger partial charge in [0.2, 0.25) is 6.04 Å². The fourth-order valence-electron chi connectivity index (χ4n) is 1.07. The van der Waals surface area contributed by atoms with Crippen LogP contribution in [0.1, 0.15) is 12.5 Å². The molecule has 4 heteroatoms. The SMILES string of the molecule is C[C@H](Cc1ccc(N)cc1)[N+](=O)[O-]. The van der Waals surface area contributed by atoms with Gasteiger partial charge < -0.3 is 5.73 Å². The van der Waals surface area contributed by atoms with Crippen LogP contribution in [-0.2, 0) is 6.42 Å². The van der Waals surface area contributed by atoms with Gasteiger partial charge in [-0.05, 0) is 17.7 Å². The minimum absolute atomic E-state index is 0.281. The molecule has 2 N–H and O–H groups in total. The van der Waals surface area contributed by atoms with Gasteiger partial charge in [-0.25, -0.2) is 0 Å². The molecule has 13 heavy (non-hydrogen) atoms. The Balaban J connectivity index is 2.64. The van der Waals surface area contributed by atoms with E-state index in [0.717, 1.165) is 5.56 Å². The lowest BCUT2D eigenvalue weighted by Crippen LogP contribution is -2.17. The van der Waals surface area contributed by atoms with E-state index in [1.54, 1.807) is 19.1 Å². The topological polar surface area (TPSA) is 69.2 Å². The molecule has 0 saturated heterocycles. The Morgan fingerprint density at radius 3 is 2.46 bits per heavy atom. The summed E-state index contributed by atoms with van der Waals surface area (Å²) in [7, 11) is 0. The van der Waals surface area contributed by atoms with Gasteiger partial charge in [-0.3, -0.25) is 10.1 Å². The summed E-state index contributed by atoms with van der Waals surface area (Å²) in [5.41, 5.74) is 7.10. The predicted octanol–water partition coefficient (Wildman–Crippen LogP) is 1.48. The Labute approximate surface area is 76.5 Å². The van der Waals surface area contributed by atoms with Crippen LogP contribution in [0.3, 0.4) is 0 Å². The van der Waals surface area contributed by atoms with E-state index in [4.69, 9.17) is 5.73 Å². The van der Waals surface area contributed by atoms with Crippen molar-refractivity contribution in [2.45, 2.75) is 19.4 Å². The molecule has 70 valence electrons. The molecule has 0 aromatic heterocycles. The summed E-state index contributed by atoms with van der Waals surface area (Å²) in [4.78, 5) is 10.1. The number of nitrogens with zero attached hydrogens (tertiary/aromatic N) is 1. The summed E-state index contributed by atoms with van der Waals surface area (Å²) >= 11 is 0. The molecule has 0 radical (unpaired) electrons. The van der Waals surface area contributed by atoms with Crippen LogP contribution in [0.5, 0.6) is 0 Å². The third-order valence-corrected chi connectivity index (χ3v) is 1.87. The zero-order valence-corrected chi connectivity index (χ0v) is 7.43. The number of nitrogens with two attached hydrogens (primary N) is 1. The lowest BCUT2D eigenvalue weighted by Gasteiger charge is -2.03. The average Bonchev–Trinajstić information content (AvgIpc) is 2.08. The highest BCUT2D eigenvalue weighted by atomic mass is 16.6. The van der Waals surface area contributed by atoms with Gasteiger partial charge in [0.25, 0.3) is 0 Å². The van der Waals surface area contributed by atoms with E-state index in [1.807, 2.05) is 12.1 Å². The molecule has 0 aliphatic rings. The van der Waals surface area contributed by atoms with Gasteiger partial charge in [0.05, 0.1) is 0 Å². The van der Waals surface area contributed by atoms with Crippen molar-refractivity contribution in [3.05, 3.63) is 39.9 Å². The first-order valence-corrected chi connectivity index (χ1v) is 4.07. The van der Waals surface area contributed by atoms with Crippen molar-refractivity contribution in [1.82, 2.24) is 0 Å².